The second-order valence-corrected chi connectivity index (χ2v) is 8.71. The third-order valence-electron chi connectivity index (χ3n) is 4.45. The summed E-state index contributed by atoms with van der Waals surface area (Å²) in [6, 6.07) is 18.6. The van der Waals surface area contributed by atoms with Gasteiger partial charge in [-0.3, -0.25) is 9.69 Å². The molecule has 0 spiro atoms. The summed E-state index contributed by atoms with van der Waals surface area (Å²) in [7, 11) is 0. The standard InChI is InChI=1S/C23H18Cl2N2O2S/c1-14(2)27-22(28)20(30-23(27)26-15-7-4-3-5-8-15)13-16-11-12-19(29-16)17-9-6-10-18(24)21(17)25/h3-14H,1-2H3/b20-13+,26-23?. The van der Waals surface area contributed by atoms with Crippen molar-refractivity contribution in [3.05, 3.63) is 81.4 Å². The lowest BCUT2D eigenvalue weighted by molar-refractivity contribution is -0.123. The van der Waals surface area contributed by atoms with E-state index in [-0.39, 0.29) is 11.9 Å². The second kappa shape index (κ2) is 8.72. The van der Waals surface area contributed by atoms with Crippen LogP contribution in [0.25, 0.3) is 17.4 Å². The smallest absolute Gasteiger partial charge is 0.267 e. The van der Waals surface area contributed by atoms with Gasteiger partial charge < -0.3 is 4.42 Å². The molecule has 1 aliphatic heterocycles. The lowest BCUT2D eigenvalue weighted by atomic mass is 10.2. The zero-order chi connectivity index (χ0) is 21.3. The molecule has 152 valence electrons. The number of hydrogen-bond donors (Lipinski definition) is 0. The highest BCUT2D eigenvalue weighted by molar-refractivity contribution is 8.18. The van der Waals surface area contributed by atoms with Crippen LogP contribution in [-0.4, -0.2) is 22.0 Å². The van der Waals surface area contributed by atoms with E-state index in [9.17, 15) is 4.79 Å². The zero-order valence-corrected chi connectivity index (χ0v) is 18.6. The van der Waals surface area contributed by atoms with Crippen LogP contribution in [0.1, 0.15) is 19.6 Å². The van der Waals surface area contributed by atoms with Crippen LogP contribution in [0.4, 0.5) is 5.69 Å². The van der Waals surface area contributed by atoms with E-state index < -0.39 is 0 Å². The Hall–Kier alpha value is -2.47. The van der Waals surface area contributed by atoms with Crippen LogP contribution in [0.15, 0.2) is 75.0 Å². The van der Waals surface area contributed by atoms with E-state index in [2.05, 4.69) is 4.99 Å². The van der Waals surface area contributed by atoms with Crippen LogP contribution in [0, 0.1) is 0 Å². The lowest BCUT2D eigenvalue weighted by Crippen LogP contribution is -2.35. The van der Waals surface area contributed by atoms with Gasteiger partial charge in [0.2, 0.25) is 0 Å². The highest BCUT2D eigenvalue weighted by Crippen LogP contribution is 2.37. The molecule has 0 N–H and O–H groups in total. The Morgan fingerprint density at radius 2 is 1.80 bits per heavy atom. The number of hydrogen-bond acceptors (Lipinski definition) is 4. The fraction of sp³-hybridized carbons (Fsp3) is 0.130. The van der Waals surface area contributed by atoms with Crippen LogP contribution in [-0.2, 0) is 4.79 Å². The maximum absolute atomic E-state index is 13.0. The molecule has 4 nitrogen and oxygen atoms in total. The molecule has 1 aliphatic rings. The van der Waals surface area contributed by atoms with E-state index in [1.807, 2.05) is 62.4 Å². The van der Waals surface area contributed by atoms with E-state index in [0.717, 1.165) is 5.69 Å². The largest absolute Gasteiger partial charge is 0.457 e. The van der Waals surface area contributed by atoms with Crippen molar-refractivity contribution in [3.63, 3.8) is 0 Å². The van der Waals surface area contributed by atoms with Gasteiger partial charge in [-0.05, 0) is 62.0 Å². The molecule has 0 radical (unpaired) electrons. The minimum Gasteiger partial charge on any atom is -0.457 e. The number of halogens is 2. The second-order valence-electron chi connectivity index (χ2n) is 6.91. The molecule has 3 aromatic rings. The first-order valence-electron chi connectivity index (χ1n) is 9.35. The minimum atomic E-state index is -0.0941. The Kier molecular flexibility index (Phi) is 6.04. The fourth-order valence-electron chi connectivity index (χ4n) is 3.03. The number of furan rings is 1. The number of amidine groups is 1. The minimum absolute atomic E-state index is 0.0178. The van der Waals surface area contributed by atoms with Crippen molar-refractivity contribution in [2.75, 3.05) is 0 Å². The van der Waals surface area contributed by atoms with Crippen LogP contribution >= 0.6 is 35.0 Å². The van der Waals surface area contributed by atoms with Gasteiger partial charge in [0.15, 0.2) is 5.17 Å². The molecule has 1 aromatic heterocycles. The molecule has 7 heteroatoms. The molecule has 2 aromatic carbocycles. The lowest BCUT2D eigenvalue weighted by Gasteiger charge is -2.19. The fourth-order valence-corrected chi connectivity index (χ4v) is 4.53. The SMILES string of the molecule is CC(C)N1C(=O)/C(=C\c2ccc(-c3cccc(Cl)c3Cl)o2)SC1=Nc1ccccc1. The normalized spacial score (nSPS) is 17.0. The van der Waals surface area contributed by atoms with Crippen LogP contribution < -0.4 is 0 Å². The first-order chi connectivity index (χ1) is 14.4. The van der Waals surface area contributed by atoms with Gasteiger partial charge in [-0.15, -0.1) is 0 Å². The Bertz CT molecular complexity index is 1150. The monoisotopic (exact) mass is 456 g/mol. The van der Waals surface area contributed by atoms with E-state index in [1.54, 1.807) is 23.1 Å². The Morgan fingerprint density at radius 3 is 2.53 bits per heavy atom. The van der Waals surface area contributed by atoms with Crippen molar-refractivity contribution in [2.45, 2.75) is 19.9 Å². The van der Waals surface area contributed by atoms with Crippen LogP contribution in [0.5, 0.6) is 0 Å². The molecular formula is C23H18Cl2N2O2S. The Labute approximate surface area is 189 Å². The van der Waals surface area contributed by atoms with Gasteiger partial charge in [-0.25, -0.2) is 4.99 Å². The van der Waals surface area contributed by atoms with E-state index in [0.29, 0.717) is 37.2 Å². The number of carbonyl (C=O) groups excluding carboxylic acids is 1. The zero-order valence-electron chi connectivity index (χ0n) is 16.3. The average Bonchev–Trinajstić information content (AvgIpc) is 3.30. The first kappa shape index (κ1) is 20.8. The molecule has 2 heterocycles. The summed E-state index contributed by atoms with van der Waals surface area (Å²) >= 11 is 13.7. The summed E-state index contributed by atoms with van der Waals surface area (Å²) in [6.45, 7) is 3.93. The van der Waals surface area contributed by atoms with Gasteiger partial charge in [0, 0.05) is 17.7 Å². The van der Waals surface area contributed by atoms with Gasteiger partial charge >= 0.3 is 0 Å². The van der Waals surface area contributed by atoms with E-state index in [1.165, 1.54) is 11.8 Å². The summed E-state index contributed by atoms with van der Waals surface area (Å²) in [6.07, 6.45) is 1.73. The molecule has 0 aliphatic carbocycles. The third kappa shape index (κ3) is 4.19. The van der Waals surface area contributed by atoms with Crippen molar-refractivity contribution in [1.29, 1.82) is 0 Å². The average molecular weight is 457 g/mol. The molecule has 0 atom stereocenters. The van der Waals surface area contributed by atoms with E-state index in [4.69, 9.17) is 27.6 Å². The molecule has 1 saturated heterocycles. The van der Waals surface area contributed by atoms with Crippen molar-refractivity contribution in [2.24, 2.45) is 4.99 Å². The molecule has 1 fully saturated rings. The van der Waals surface area contributed by atoms with Crippen LogP contribution in [0.2, 0.25) is 10.0 Å². The maximum atomic E-state index is 13.0. The Balaban J connectivity index is 1.66. The topological polar surface area (TPSA) is 45.8 Å². The Morgan fingerprint density at radius 1 is 1.03 bits per heavy atom. The molecule has 1 amide bonds. The molecule has 30 heavy (non-hydrogen) atoms. The number of para-hydroxylation sites is 1. The predicted molar refractivity (Wildman–Crippen MR) is 125 cm³/mol. The van der Waals surface area contributed by atoms with Gasteiger partial charge in [0.1, 0.15) is 11.5 Å². The van der Waals surface area contributed by atoms with Crippen LogP contribution in [0.3, 0.4) is 0 Å². The predicted octanol–water partition coefficient (Wildman–Crippen LogP) is 7.27. The maximum Gasteiger partial charge on any atom is 0.267 e. The van der Waals surface area contributed by atoms with E-state index >= 15 is 0 Å². The highest BCUT2D eigenvalue weighted by atomic mass is 35.5. The van der Waals surface area contributed by atoms with Gasteiger partial charge in [0.05, 0.1) is 20.6 Å². The quantitative estimate of drug-likeness (QED) is 0.387. The molecular weight excluding hydrogens is 439 g/mol. The van der Waals surface area contributed by atoms with Crippen molar-refractivity contribution < 1.29 is 9.21 Å². The number of rotatable bonds is 4. The molecule has 0 bridgehead atoms. The van der Waals surface area contributed by atoms with Gasteiger partial charge in [0.25, 0.3) is 5.91 Å². The van der Waals surface area contributed by atoms with Gasteiger partial charge in [-0.2, -0.15) is 0 Å². The number of carbonyl (C=O) groups is 1. The number of benzene rings is 2. The van der Waals surface area contributed by atoms with Gasteiger partial charge in [-0.1, -0.05) is 47.5 Å². The summed E-state index contributed by atoms with van der Waals surface area (Å²) in [5.41, 5.74) is 1.50. The molecule has 0 saturated carbocycles. The molecule has 4 rings (SSSR count). The summed E-state index contributed by atoms with van der Waals surface area (Å²) in [4.78, 5) is 19.9. The van der Waals surface area contributed by atoms with Crippen molar-refractivity contribution in [3.8, 4) is 11.3 Å². The first-order valence-corrected chi connectivity index (χ1v) is 10.9. The van der Waals surface area contributed by atoms with Crippen molar-refractivity contribution in [1.82, 2.24) is 4.90 Å². The highest BCUT2D eigenvalue weighted by Gasteiger charge is 2.35. The van der Waals surface area contributed by atoms with Crippen molar-refractivity contribution >= 4 is 57.8 Å². The number of amides is 1. The third-order valence-corrected chi connectivity index (χ3v) is 6.25. The summed E-state index contributed by atoms with van der Waals surface area (Å²) < 4.78 is 5.92. The summed E-state index contributed by atoms with van der Waals surface area (Å²) in [5.74, 6) is 1.05. The number of thioether (sulfide) groups is 1. The number of nitrogens with zero attached hydrogens (tertiary/aromatic N) is 2. The summed E-state index contributed by atoms with van der Waals surface area (Å²) in [5, 5.41) is 1.54. The number of aliphatic imine (C=N–C) groups is 1. The molecule has 0 unspecified atom stereocenters.